The molecule has 116 valence electrons. The Labute approximate surface area is 129 Å². The molecular weight excluding hydrogens is 385 g/mol. The summed E-state index contributed by atoms with van der Waals surface area (Å²) < 4.78 is 63.8. The van der Waals surface area contributed by atoms with E-state index in [2.05, 4.69) is 20.7 Å². The molecule has 0 aliphatic heterocycles. The molecule has 0 saturated heterocycles. The molecule has 0 bridgehead atoms. The maximum atomic E-state index is 12.6. The van der Waals surface area contributed by atoms with E-state index < -0.39 is 32.7 Å². The Morgan fingerprint density at radius 2 is 1.90 bits per heavy atom. The van der Waals surface area contributed by atoms with Gasteiger partial charge in [0.1, 0.15) is 0 Å². The van der Waals surface area contributed by atoms with Crippen LogP contribution >= 0.6 is 28.3 Å². The number of sulfonamides is 1. The second-order valence-corrected chi connectivity index (χ2v) is 6.56. The van der Waals surface area contributed by atoms with E-state index >= 15 is 0 Å². The Bertz CT molecular complexity index is 566. The lowest BCUT2D eigenvalue weighted by atomic mass is 10.2. The van der Waals surface area contributed by atoms with Crippen LogP contribution in [-0.2, 0) is 16.2 Å². The zero-order chi connectivity index (χ0) is 14.8. The molecule has 0 radical (unpaired) electrons. The number of rotatable bonds is 4. The van der Waals surface area contributed by atoms with Crippen molar-refractivity contribution in [3.8, 4) is 0 Å². The van der Waals surface area contributed by atoms with Crippen molar-refractivity contribution in [1.29, 1.82) is 0 Å². The average Bonchev–Trinajstić information content (AvgIpc) is 2.26. The number of hydrogen-bond donors (Lipinski definition) is 2. The number of nitrogens with one attached hydrogen (secondary N) is 1. The topological polar surface area (TPSA) is 72.2 Å². The molecule has 10 heteroatoms. The van der Waals surface area contributed by atoms with E-state index in [-0.39, 0.29) is 23.4 Å². The summed E-state index contributed by atoms with van der Waals surface area (Å²) in [5, 5.41) is 0. The molecule has 1 aromatic rings. The van der Waals surface area contributed by atoms with Crippen molar-refractivity contribution in [1.82, 2.24) is 4.72 Å². The van der Waals surface area contributed by atoms with Crippen LogP contribution in [0.15, 0.2) is 27.6 Å². The van der Waals surface area contributed by atoms with Gasteiger partial charge in [0.2, 0.25) is 10.0 Å². The van der Waals surface area contributed by atoms with Crippen molar-refractivity contribution < 1.29 is 21.6 Å². The van der Waals surface area contributed by atoms with Crippen molar-refractivity contribution in [2.75, 3.05) is 6.54 Å². The van der Waals surface area contributed by atoms with E-state index in [1.54, 1.807) is 0 Å². The largest absolute Gasteiger partial charge is 0.416 e. The van der Waals surface area contributed by atoms with Crippen LogP contribution in [0.2, 0.25) is 0 Å². The predicted molar refractivity (Wildman–Crippen MR) is 75.2 cm³/mol. The predicted octanol–water partition coefficient (Wildman–Crippen LogP) is 2.52. The molecule has 20 heavy (non-hydrogen) atoms. The summed E-state index contributed by atoms with van der Waals surface area (Å²) in [7, 11) is -4.04. The lowest BCUT2D eigenvalue weighted by Gasteiger charge is -2.14. The van der Waals surface area contributed by atoms with E-state index in [9.17, 15) is 21.6 Å². The molecule has 3 N–H and O–H groups in total. The zero-order valence-electron chi connectivity index (χ0n) is 10.2. The summed E-state index contributed by atoms with van der Waals surface area (Å²) in [5.41, 5.74) is 4.23. The Hall–Kier alpha value is -0.350. The number of nitrogens with two attached hydrogens (primary N) is 1. The van der Waals surface area contributed by atoms with Crippen LogP contribution in [-0.4, -0.2) is 21.0 Å². The molecule has 0 saturated carbocycles. The highest BCUT2D eigenvalue weighted by Gasteiger charge is 2.32. The first-order chi connectivity index (χ1) is 8.56. The molecule has 0 aliphatic rings. The van der Waals surface area contributed by atoms with Crippen LogP contribution in [0.5, 0.6) is 0 Å². The SMILES string of the molecule is C[C@@H](CN)NS(=O)(=O)c1cc(Br)cc(C(F)(F)F)c1.Cl. The minimum Gasteiger partial charge on any atom is -0.329 e. The van der Waals surface area contributed by atoms with Crippen LogP contribution in [0.3, 0.4) is 0 Å². The van der Waals surface area contributed by atoms with Gasteiger partial charge in [-0.15, -0.1) is 12.4 Å². The van der Waals surface area contributed by atoms with Crippen LogP contribution in [0.4, 0.5) is 13.2 Å². The van der Waals surface area contributed by atoms with E-state index in [4.69, 9.17) is 5.73 Å². The molecule has 0 fully saturated rings. The number of alkyl halides is 3. The fourth-order valence-corrected chi connectivity index (χ4v) is 3.23. The minimum absolute atomic E-state index is 0. The number of benzene rings is 1. The molecule has 4 nitrogen and oxygen atoms in total. The van der Waals surface area contributed by atoms with Crippen LogP contribution in [0.25, 0.3) is 0 Å². The summed E-state index contributed by atoms with van der Waals surface area (Å²) in [4.78, 5) is -0.463. The van der Waals surface area contributed by atoms with Crippen LogP contribution in [0, 0.1) is 0 Å². The molecule has 1 rings (SSSR count). The van der Waals surface area contributed by atoms with Gasteiger partial charge < -0.3 is 5.73 Å². The van der Waals surface area contributed by atoms with Gasteiger partial charge in [0.05, 0.1) is 10.5 Å². The Kier molecular flexibility index (Phi) is 6.95. The van der Waals surface area contributed by atoms with Crippen LogP contribution in [0.1, 0.15) is 12.5 Å². The lowest BCUT2D eigenvalue weighted by Crippen LogP contribution is -2.37. The van der Waals surface area contributed by atoms with Gasteiger partial charge in [0, 0.05) is 17.1 Å². The molecule has 0 amide bonds. The summed E-state index contributed by atoms with van der Waals surface area (Å²) in [6.45, 7) is 1.56. The maximum absolute atomic E-state index is 12.6. The smallest absolute Gasteiger partial charge is 0.329 e. The third-order valence-corrected chi connectivity index (χ3v) is 4.25. The molecule has 0 spiro atoms. The van der Waals surface area contributed by atoms with Gasteiger partial charge in [-0.2, -0.15) is 13.2 Å². The molecule has 0 heterocycles. The monoisotopic (exact) mass is 396 g/mol. The summed E-state index contributed by atoms with van der Waals surface area (Å²) in [6.07, 6.45) is -4.62. The third kappa shape index (κ3) is 5.21. The second kappa shape index (κ2) is 7.08. The zero-order valence-corrected chi connectivity index (χ0v) is 13.5. The van der Waals surface area contributed by atoms with Gasteiger partial charge >= 0.3 is 6.18 Å². The van der Waals surface area contributed by atoms with Crippen molar-refractivity contribution in [3.05, 3.63) is 28.2 Å². The van der Waals surface area contributed by atoms with Crippen molar-refractivity contribution in [3.63, 3.8) is 0 Å². The van der Waals surface area contributed by atoms with E-state index in [1.807, 2.05) is 0 Å². The molecular formula is C10H13BrClF3N2O2S. The van der Waals surface area contributed by atoms with Crippen molar-refractivity contribution in [2.45, 2.75) is 24.0 Å². The van der Waals surface area contributed by atoms with Gasteiger partial charge in [0.25, 0.3) is 0 Å². The normalized spacial score (nSPS) is 13.7. The first-order valence-corrected chi connectivity index (χ1v) is 7.44. The number of hydrogen-bond acceptors (Lipinski definition) is 3. The Balaban J connectivity index is 0.00000361. The van der Waals surface area contributed by atoms with Crippen molar-refractivity contribution >= 4 is 38.4 Å². The molecule has 1 atom stereocenters. The summed E-state index contributed by atoms with van der Waals surface area (Å²) >= 11 is 2.86. The molecule has 0 aromatic heterocycles. The summed E-state index contributed by atoms with van der Waals surface area (Å²) in [5.74, 6) is 0. The van der Waals surface area contributed by atoms with Gasteiger partial charge in [0.15, 0.2) is 0 Å². The molecule has 0 unspecified atom stereocenters. The minimum atomic E-state index is -4.62. The van der Waals surface area contributed by atoms with Gasteiger partial charge in [-0.1, -0.05) is 15.9 Å². The maximum Gasteiger partial charge on any atom is 0.416 e. The summed E-state index contributed by atoms with van der Waals surface area (Å²) in [6, 6.07) is 1.92. The van der Waals surface area contributed by atoms with Crippen molar-refractivity contribution in [2.24, 2.45) is 5.73 Å². The quantitative estimate of drug-likeness (QED) is 0.820. The standard InChI is InChI=1S/C10H12BrF3N2O2S.ClH/c1-6(5-15)16-19(17,18)9-3-7(10(12,13)14)2-8(11)4-9;/h2-4,6,16H,5,15H2,1H3;1H/t6-;/m0./s1. The highest BCUT2D eigenvalue weighted by Crippen LogP contribution is 2.33. The van der Waals surface area contributed by atoms with Gasteiger partial charge in [-0.05, 0) is 25.1 Å². The highest BCUT2D eigenvalue weighted by atomic mass is 79.9. The molecule has 0 aliphatic carbocycles. The van der Waals surface area contributed by atoms with Crippen LogP contribution < -0.4 is 10.5 Å². The highest BCUT2D eigenvalue weighted by molar-refractivity contribution is 9.10. The third-order valence-electron chi connectivity index (χ3n) is 2.22. The second-order valence-electron chi connectivity index (χ2n) is 3.93. The Morgan fingerprint density at radius 3 is 2.35 bits per heavy atom. The fraction of sp³-hybridized carbons (Fsp3) is 0.400. The first kappa shape index (κ1) is 19.7. The lowest BCUT2D eigenvalue weighted by molar-refractivity contribution is -0.137. The van der Waals surface area contributed by atoms with E-state index in [0.717, 1.165) is 12.1 Å². The number of halogens is 5. The molecule has 1 aromatic carbocycles. The van der Waals surface area contributed by atoms with E-state index in [1.165, 1.54) is 6.92 Å². The fourth-order valence-electron chi connectivity index (χ4n) is 1.26. The van der Waals surface area contributed by atoms with Gasteiger partial charge in [-0.25, -0.2) is 13.1 Å². The average molecular weight is 398 g/mol. The Morgan fingerprint density at radius 1 is 1.35 bits per heavy atom. The first-order valence-electron chi connectivity index (χ1n) is 5.16. The van der Waals surface area contributed by atoms with E-state index in [0.29, 0.717) is 6.07 Å². The van der Waals surface area contributed by atoms with Gasteiger partial charge in [-0.3, -0.25) is 0 Å².